The Balaban J connectivity index is 1.94. The van der Waals surface area contributed by atoms with Gasteiger partial charge in [-0.2, -0.15) is 0 Å². The number of piperidine rings is 1. The van der Waals surface area contributed by atoms with Crippen LogP contribution in [-0.2, 0) is 14.3 Å². The molecule has 0 aromatic heterocycles. The maximum absolute atomic E-state index is 13.3. The van der Waals surface area contributed by atoms with Gasteiger partial charge in [-0.3, -0.25) is 9.89 Å². The number of benzene rings is 1. The number of rotatable bonds is 9. The summed E-state index contributed by atoms with van der Waals surface area (Å²) in [5.74, 6) is -0.793. The van der Waals surface area contributed by atoms with Gasteiger partial charge in [0.05, 0.1) is 18.3 Å². The highest BCUT2D eigenvalue weighted by molar-refractivity contribution is 6.31. The fourth-order valence-corrected chi connectivity index (χ4v) is 5.66. The van der Waals surface area contributed by atoms with Gasteiger partial charge in [-0.25, -0.2) is 4.79 Å². The molecule has 240 valence electrons. The number of hydrogen-bond acceptors (Lipinski definition) is 6. The number of esters is 1. The number of halogens is 5. The van der Waals surface area contributed by atoms with E-state index >= 15 is 0 Å². The van der Waals surface area contributed by atoms with Crippen molar-refractivity contribution >= 4 is 34.9 Å². The monoisotopic (exact) mass is 654 g/mol. The molecule has 11 heteroatoms. The third-order valence-electron chi connectivity index (χ3n) is 7.38. The number of allylic oxidation sites excluding steroid dienone is 6. The molecule has 0 bridgehead atoms. The van der Waals surface area contributed by atoms with Crippen LogP contribution < -0.4 is 4.74 Å². The topological polar surface area (TPSA) is 60.4 Å². The molecule has 0 saturated carbocycles. The average Bonchev–Trinajstić information content (AvgIpc) is 2.92. The smallest absolute Gasteiger partial charge is 0.465 e. The summed E-state index contributed by atoms with van der Waals surface area (Å²) in [5.41, 5.74) is 1.93. The highest BCUT2D eigenvalue weighted by Crippen LogP contribution is 2.39. The molecule has 0 radical (unpaired) electrons. The molecule has 6 nitrogen and oxygen atoms in total. The van der Waals surface area contributed by atoms with E-state index < -0.39 is 30.1 Å². The molecule has 2 heterocycles. The molecular weight excluding hydrogens is 616 g/mol. The molecule has 0 N–H and O–H groups in total. The number of aliphatic imine (C=N–C) groups is 1. The predicted molar refractivity (Wildman–Crippen MR) is 169 cm³/mol. The van der Waals surface area contributed by atoms with Crippen molar-refractivity contribution in [2.24, 2.45) is 4.99 Å². The summed E-state index contributed by atoms with van der Waals surface area (Å²) in [6, 6.07) is 3.44. The first-order valence-corrected chi connectivity index (χ1v) is 15.2. The Kier molecular flexibility index (Phi) is 12.9. The lowest BCUT2D eigenvalue weighted by Crippen LogP contribution is -2.51. The second kappa shape index (κ2) is 15.9. The highest BCUT2D eigenvalue weighted by Gasteiger charge is 2.42. The molecule has 1 spiro atoms. The Labute approximate surface area is 267 Å². The molecule has 1 aromatic rings. The number of likely N-dealkylation sites (tertiary alicyclic amines) is 1. The molecule has 2 atom stereocenters. The maximum Gasteiger partial charge on any atom is 0.573 e. The molecule has 1 fully saturated rings. The Morgan fingerprint density at radius 2 is 1.95 bits per heavy atom. The van der Waals surface area contributed by atoms with Crippen molar-refractivity contribution in [3.63, 3.8) is 0 Å². The predicted octanol–water partition coefficient (Wildman–Crippen LogP) is 8.86. The summed E-state index contributed by atoms with van der Waals surface area (Å²) < 4.78 is 55.1. The normalized spacial score (nSPS) is 22.1. The first kappa shape index (κ1) is 35.6. The molecule has 2 unspecified atom stereocenters. The van der Waals surface area contributed by atoms with E-state index in [1.54, 1.807) is 32.2 Å². The van der Waals surface area contributed by atoms with Crippen LogP contribution in [-0.4, -0.2) is 54.3 Å². The first-order chi connectivity index (χ1) is 20.7. The summed E-state index contributed by atoms with van der Waals surface area (Å²) in [7, 11) is 0. The van der Waals surface area contributed by atoms with E-state index in [1.807, 2.05) is 36.1 Å². The van der Waals surface area contributed by atoms with Crippen LogP contribution >= 0.6 is 23.2 Å². The van der Waals surface area contributed by atoms with Crippen LogP contribution in [0.25, 0.3) is 0 Å². The average molecular weight is 656 g/mol. The van der Waals surface area contributed by atoms with E-state index in [-0.39, 0.29) is 17.9 Å². The van der Waals surface area contributed by atoms with Crippen molar-refractivity contribution < 1.29 is 32.2 Å². The van der Waals surface area contributed by atoms with Gasteiger partial charge in [0, 0.05) is 41.5 Å². The SMILES string of the molecule is C=C(Cl)/C=C(\C/C=C(\C)Cl)C1/C=C/C=C\N=C(C)CC2(CCN(C(C(=O)OCC)c3ccc(OC(F)(F)F)c(C)c3)CC2)O1. The minimum atomic E-state index is -4.82. The summed E-state index contributed by atoms with van der Waals surface area (Å²) in [6.07, 6.45) is 7.99. The summed E-state index contributed by atoms with van der Waals surface area (Å²) in [4.78, 5) is 19.8. The largest absolute Gasteiger partial charge is 0.573 e. The van der Waals surface area contributed by atoms with Crippen LogP contribution in [0.3, 0.4) is 0 Å². The molecule has 1 saturated heterocycles. The minimum absolute atomic E-state index is 0.166. The fraction of sp³-hybridized carbons (Fsp3) is 0.455. The molecule has 2 aliphatic rings. The van der Waals surface area contributed by atoms with Crippen LogP contribution in [0.4, 0.5) is 13.2 Å². The molecular formula is C33H39Cl2F3N2O4. The lowest BCUT2D eigenvalue weighted by Gasteiger charge is -2.45. The van der Waals surface area contributed by atoms with Crippen LogP contribution in [0.2, 0.25) is 0 Å². The summed E-state index contributed by atoms with van der Waals surface area (Å²) >= 11 is 12.4. The van der Waals surface area contributed by atoms with Gasteiger partial charge >= 0.3 is 12.3 Å². The molecule has 44 heavy (non-hydrogen) atoms. The highest BCUT2D eigenvalue weighted by atomic mass is 35.5. The van der Waals surface area contributed by atoms with Crippen molar-refractivity contribution in [3.05, 3.63) is 88.1 Å². The minimum Gasteiger partial charge on any atom is -0.465 e. The number of carbonyl (C=O) groups excluding carboxylic acids is 1. The van der Waals surface area contributed by atoms with Gasteiger partial charge < -0.3 is 14.2 Å². The first-order valence-electron chi connectivity index (χ1n) is 14.4. The quantitative estimate of drug-likeness (QED) is 0.197. The van der Waals surface area contributed by atoms with Crippen molar-refractivity contribution in [1.29, 1.82) is 0 Å². The molecule has 2 aliphatic heterocycles. The third-order valence-corrected chi connectivity index (χ3v) is 7.65. The van der Waals surface area contributed by atoms with Crippen LogP contribution in [0.5, 0.6) is 5.75 Å². The van der Waals surface area contributed by atoms with Gasteiger partial charge in [0.25, 0.3) is 0 Å². The Bertz CT molecular complexity index is 1340. The zero-order valence-corrected chi connectivity index (χ0v) is 26.9. The Morgan fingerprint density at radius 1 is 1.25 bits per heavy atom. The number of aryl methyl sites for hydroxylation is 1. The van der Waals surface area contributed by atoms with E-state index in [0.29, 0.717) is 54.4 Å². The van der Waals surface area contributed by atoms with E-state index in [9.17, 15) is 18.0 Å². The number of ether oxygens (including phenoxy) is 3. The molecule has 1 aromatic carbocycles. The molecule has 0 amide bonds. The number of nitrogens with zero attached hydrogens (tertiary/aromatic N) is 2. The van der Waals surface area contributed by atoms with Crippen molar-refractivity contribution in [1.82, 2.24) is 4.90 Å². The Morgan fingerprint density at radius 3 is 2.55 bits per heavy atom. The van der Waals surface area contributed by atoms with E-state index in [4.69, 9.17) is 32.7 Å². The number of hydrogen-bond donors (Lipinski definition) is 0. The van der Waals surface area contributed by atoms with Crippen molar-refractivity contribution in [3.8, 4) is 5.75 Å². The standard InChI is InChI=1S/C33H39Cl2F3N2O4/c1-6-42-31(41)30(27-12-13-28(22(2)19-27)44-33(36,37)38)40-17-14-32(15-18-40)21-25(5)39-16-8-7-9-29(43-32)26(20-24(4)35)11-10-23(3)34/h7-10,12-13,16,19-20,29-30H,4,6,11,14-15,17-18,21H2,1-3,5H3/b9-7+,16-8-,23-10+,26-20+,39-25?. The van der Waals surface area contributed by atoms with Gasteiger partial charge in [0.15, 0.2) is 0 Å². The fourth-order valence-electron chi connectivity index (χ4n) is 5.45. The van der Waals surface area contributed by atoms with Gasteiger partial charge in [-0.15, -0.1) is 13.2 Å². The third kappa shape index (κ3) is 10.6. The van der Waals surface area contributed by atoms with Crippen molar-refractivity contribution in [2.45, 2.75) is 77.5 Å². The number of alkyl halides is 3. The lowest BCUT2D eigenvalue weighted by atomic mass is 9.84. The van der Waals surface area contributed by atoms with Gasteiger partial charge in [0.2, 0.25) is 0 Å². The summed E-state index contributed by atoms with van der Waals surface area (Å²) in [5, 5.41) is 1.01. The lowest BCUT2D eigenvalue weighted by molar-refractivity contribution is -0.274. The second-order valence-electron chi connectivity index (χ2n) is 10.9. The summed E-state index contributed by atoms with van der Waals surface area (Å²) in [6.45, 7) is 11.9. The van der Waals surface area contributed by atoms with Gasteiger partial charge in [-0.05, 0) is 81.9 Å². The molecule has 0 aliphatic carbocycles. The van der Waals surface area contributed by atoms with Crippen LogP contribution in [0.1, 0.15) is 63.6 Å². The zero-order chi connectivity index (χ0) is 32.5. The molecule has 3 rings (SSSR count). The van der Waals surface area contributed by atoms with Crippen LogP contribution in [0, 0.1) is 6.92 Å². The van der Waals surface area contributed by atoms with E-state index in [1.165, 1.54) is 19.1 Å². The second-order valence-corrected chi connectivity index (χ2v) is 12.0. The Hall–Kier alpha value is -2.85. The van der Waals surface area contributed by atoms with E-state index in [0.717, 1.165) is 11.3 Å². The number of carbonyl (C=O) groups is 1. The van der Waals surface area contributed by atoms with Crippen LogP contribution in [0.15, 0.2) is 82.0 Å². The van der Waals surface area contributed by atoms with Gasteiger partial charge in [0.1, 0.15) is 11.8 Å². The van der Waals surface area contributed by atoms with Gasteiger partial charge in [-0.1, -0.05) is 60.1 Å². The maximum atomic E-state index is 13.3. The van der Waals surface area contributed by atoms with Crippen molar-refractivity contribution in [2.75, 3.05) is 19.7 Å². The zero-order valence-electron chi connectivity index (χ0n) is 25.4. The van der Waals surface area contributed by atoms with E-state index in [2.05, 4.69) is 16.3 Å².